The van der Waals surface area contributed by atoms with E-state index in [2.05, 4.69) is 10.3 Å². The number of Topliss-reactive ketones (excluding diaryl/α,β-unsaturated/α-hetero) is 1. The van der Waals surface area contributed by atoms with Crippen LogP contribution < -0.4 is 10.1 Å². The fraction of sp³-hybridized carbons (Fsp3) is 0.286. The first-order valence-electron chi connectivity index (χ1n) is 9.41. The van der Waals surface area contributed by atoms with Crippen LogP contribution in [0.5, 0.6) is 5.75 Å². The first kappa shape index (κ1) is 20.7. The molecule has 156 valence electrons. The molecule has 1 aliphatic heterocycles. The molecule has 1 aliphatic rings. The van der Waals surface area contributed by atoms with Gasteiger partial charge in [0, 0.05) is 61.5 Å². The molecule has 4 rings (SSSR count). The number of methoxy groups -OCH3 is 1. The minimum Gasteiger partial charge on any atom is -0.493 e. The van der Waals surface area contributed by atoms with E-state index in [9.17, 15) is 9.59 Å². The van der Waals surface area contributed by atoms with Gasteiger partial charge in [0.05, 0.1) is 17.2 Å². The lowest BCUT2D eigenvalue weighted by atomic mass is 10.00. The molecular weight excluding hydrogens is 429 g/mol. The van der Waals surface area contributed by atoms with Crippen molar-refractivity contribution in [3.63, 3.8) is 0 Å². The van der Waals surface area contributed by atoms with Crippen LogP contribution in [-0.2, 0) is 6.42 Å². The number of hydrogen-bond donors (Lipinski definition) is 1. The normalized spacial score (nSPS) is 14.2. The zero-order valence-corrected chi connectivity index (χ0v) is 17.7. The maximum Gasteiger partial charge on any atom is 0.289 e. The van der Waals surface area contributed by atoms with Crippen LogP contribution in [0.4, 0.5) is 0 Å². The van der Waals surface area contributed by atoms with Gasteiger partial charge in [0.1, 0.15) is 0 Å². The molecule has 0 spiro atoms. The highest BCUT2D eigenvalue weighted by Crippen LogP contribution is 2.33. The number of ether oxygens (including phenoxy) is 1. The predicted molar refractivity (Wildman–Crippen MR) is 114 cm³/mol. The van der Waals surface area contributed by atoms with Crippen LogP contribution in [0.15, 0.2) is 35.0 Å². The first-order chi connectivity index (χ1) is 14.5. The number of benzene rings is 1. The second-order valence-corrected chi connectivity index (χ2v) is 7.71. The van der Waals surface area contributed by atoms with Crippen LogP contribution in [-0.4, -0.2) is 54.9 Å². The van der Waals surface area contributed by atoms with Gasteiger partial charge in [0.15, 0.2) is 22.9 Å². The Bertz CT molecular complexity index is 1100. The summed E-state index contributed by atoms with van der Waals surface area (Å²) in [4.78, 5) is 31.6. The van der Waals surface area contributed by atoms with E-state index in [0.29, 0.717) is 51.0 Å². The van der Waals surface area contributed by atoms with Crippen molar-refractivity contribution in [1.82, 2.24) is 15.2 Å². The summed E-state index contributed by atoms with van der Waals surface area (Å²) in [5.74, 6) is 0.194. The van der Waals surface area contributed by atoms with Crippen molar-refractivity contribution >= 4 is 45.9 Å². The molecule has 0 bridgehead atoms. The lowest BCUT2D eigenvalue weighted by Crippen LogP contribution is -2.46. The van der Waals surface area contributed by atoms with Gasteiger partial charge in [-0.2, -0.15) is 0 Å². The Morgan fingerprint density at radius 2 is 1.90 bits per heavy atom. The molecule has 30 heavy (non-hydrogen) atoms. The molecule has 9 heteroatoms. The molecule has 2 aromatic heterocycles. The average molecular weight is 448 g/mol. The number of carbonyl (C=O) groups is 2. The van der Waals surface area contributed by atoms with Crippen LogP contribution in [0.25, 0.3) is 11.0 Å². The summed E-state index contributed by atoms with van der Waals surface area (Å²) in [5, 5.41) is 4.36. The fourth-order valence-corrected chi connectivity index (χ4v) is 3.99. The topological polar surface area (TPSA) is 84.7 Å². The molecule has 3 heterocycles. The van der Waals surface area contributed by atoms with Crippen molar-refractivity contribution in [2.45, 2.75) is 6.42 Å². The third kappa shape index (κ3) is 3.88. The largest absolute Gasteiger partial charge is 0.493 e. The quantitative estimate of drug-likeness (QED) is 0.601. The van der Waals surface area contributed by atoms with Crippen LogP contribution >= 0.6 is 23.2 Å². The number of pyridine rings is 1. The second-order valence-electron chi connectivity index (χ2n) is 6.89. The van der Waals surface area contributed by atoms with Gasteiger partial charge >= 0.3 is 0 Å². The number of hydrogen-bond acceptors (Lipinski definition) is 6. The number of rotatable bonds is 5. The van der Waals surface area contributed by atoms with Crippen molar-refractivity contribution in [2.24, 2.45) is 0 Å². The van der Waals surface area contributed by atoms with E-state index in [-0.39, 0.29) is 23.9 Å². The van der Waals surface area contributed by atoms with Crippen molar-refractivity contribution in [2.75, 3.05) is 33.3 Å². The Morgan fingerprint density at radius 1 is 1.20 bits per heavy atom. The number of nitrogens with one attached hydrogen (secondary N) is 1. The number of fused-ring (bicyclic) bond motifs is 1. The molecule has 0 radical (unpaired) electrons. The third-order valence-electron chi connectivity index (χ3n) is 5.07. The Balaban J connectivity index is 1.72. The van der Waals surface area contributed by atoms with Crippen LogP contribution in [0.3, 0.4) is 0 Å². The molecule has 1 fully saturated rings. The minimum absolute atomic E-state index is 0.00608. The molecule has 0 unspecified atom stereocenters. The van der Waals surface area contributed by atoms with E-state index in [1.807, 2.05) is 0 Å². The molecule has 7 nitrogen and oxygen atoms in total. The standard InChI is InChI=1S/C21H19Cl2N3O4/c1-29-18-3-2-12(17(27)8-14-15(22)10-25-11-16(14)23)13-9-19(30-20(13)18)21(28)26-6-4-24-5-7-26/h2-3,9-11,24H,4-8H2,1H3. The number of nitrogens with zero attached hydrogens (tertiary/aromatic N) is 2. The Hall–Kier alpha value is -2.61. The maximum atomic E-state index is 13.1. The molecule has 1 N–H and O–H groups in total. The Labute approximate surface area is 182 Å². The highest BCUT2D eigenvalue weighted by Gasteiger charge is 2.25. The molecular formula is C21H19Cl2N3O4. The average Bonchev–Trinajstić information content (AvgIpc) is 3.21. The highest BCUT2D eigenvalue weighted by molar-refractivity contribution is 6.36. The summed E-state index contributed by atoms with van der Waals surface area (Å²) < 4.78 is 11.2. The summed E-state index contributed by atoms with van der Waals surface area (Å²) in [5.41, 5.74) is 1.26. The lowest BCUT2D eigenvalue weighted by Gasteiger charge is -2.26. The molecule has 1 aromatic carbocycles. The Morgan fingerprint density at radius 3 is 2.57 bits per heavy atom. The van der Waals surface area contributed by atoms with Gasteiger partial charge in [-0.1, -0.05) is 23.2 Å². The van der Waals surface area contributed by atoms with Gasteiger partial charge in [0.2, 0.25) is 0 Å². The van der Waals surface area contributed by atoms with E-state index in [0.717, 1.165) is 13.1 Å². The van der Waals surface area contributed by atoms with Crippen molar-refractivity contribution < 1.29 is 18.7 Å². The van der Waals surface area contributed by atoms with Gasteiger partial charge in [-0.3, -0.25) is 14.6 Å². The zero-order valence-electron chi connectivity index (χ0n) is 16.2. The van der Waals surface area contributed by atoms with E-state index in [1.165, 1.54) is 19.5 Å². The van der Waals surface area contributed by atoms with Gasteiger partial charge in [0.25, 0.3) is 5.91 Å². The first-order valence-corrected chi connectivity index (χ1v) is 10.2. The van der Waals surface area contributed by atoms with E-state index < -0.39 is 0 Å². The molecule has 0 saturated carbocycles. The fourth-order valence-electron chi connectivity index (χ4n) is 3.49. The van der Waals surface area contributed by atoms with Gasteiger partial charge in [-0.05, 0) is 18.2 Å². The van der Waals surface area contributed by atoms with E-state index in [1.54, 1.807) is 23.1 Å². The number of furan rings is 1. The molecule has 0 atom stereocenters. The molecule has 1 saturated heterocycles. The van der Waals surface area contributed by atoms with Gasteiger partial charge in [-0.15, -0.1) is 0 Å². The predicted octanol–water partition coefficient (Wildman–Crippen LogP) is 3.61. The summed E-state index contributed by atoms with van der Waals surface area (Å²) in [6, 6.07) is 4.90. The number of amides is 1. The third-order valence-corrected chi connectivity index (χ3v) is 5.72. The van der Waals surface area contributed by atoms with Crippen molar-refractivity contribution in [3.05, 3.63) is 57.5 Å². The van der Waals surface area contributed by atoms with Crippen LogP contribution in [0.1, 0.15) is 26.5 Å². The number of aromatic nitrogens is 1. The summed E-state index contributed by atoms with van der Waals surface area (Å²) in [6.07, 6.45) is 2.89. The summed E-state index contributed by atoms with van der Waals surface area (Å²) >= 11 is 12.3. The highest BCUT2D eigenvalue weighted by atomic mass is 35.5. The molecule has 0 aliphatic carbocycles. The van der Waals surface area contributed by atoms with Gasteiger partial charge < -0.3 is 19.4 Å². The number of ketones is 1. The van der Waals surface area contributed by atoms with Crippen molar-refractivity contribution in [1.29, 1.82) is 0 Å². The smallest absolute Gasteiger partial charge is 0.289 e. The van der Waals surface area contributed by atoms with Crippen LogP contribution in [0.2, 0.25) is 10.0 Å². The summed E-state index contributed by atoms with van der Waals surface area (Å²) in [6.45, 7) is 2.65. The van der Waals surface area contributed by atoms with E-state index in [4.69, 9.17) is 32.4 Å². The van der Waals surface area contributed by atoms with Gasteiger partial charge in [-0.25, -0.2) is 0 Å². The number of halogens is 2. The second kappa shape index (κ2) is 8.63. The number of carbonyl (C=O) groups excluding carboxylic acids is 2. The maximum absolute atomic E-state index is 13.1. The van der Waals surface area contributed by atoms with Crippen molar-refractivity contribution in [3.8, 4) is 5.75 Å². The zero-order chi connectivity index (χ0) is 21.3. The lowest BCUT2D eigenvalue weighted by molar-refractivity contribution is 0.0706. The SMILES string of the molecule is COc1ccc(C(=O)Cc2c(Cl)cncc2Cl)c2cc(C(=O)N3CCNCC3)oc12. The van der Waals surface area contributed by atoms with Crippen LogP contribution in [0, 0.1) is 0 Å². The number of piperazine rings is 1. The Kier molecular flexibility index (Phi) is 5.94. The van der Waals surface area contributed by atoms with E-state index >= 15 is 0 Å². The molecule has 3 aromatic rings. The monoisotopic (exact) mass is 447 g/mol. The molecule has 1 amide bonds. The summed E-state index contributed by atoms with van der Waals surface area (Å²) in [7, 11) is 1.51. The minimum atomic E-state index is -0.214.